The number of rotatable bonds is 8. The van der Waals surface area contributed by atoms with Crippen molar-refractivity contribution >= 4 is 44.6 Å². The molecule has 172 valence electrons. The van der Waals surface area contributed by atoms with E-state index in [1.165, 1.54) is 5.56 Å². The Bertz CT molecular complexity index is 1130. The topological polar surface area (TPSA) is 65.7 Å². The normalized spacial score (nSPS) is 11.9. The highest BCUT2D eigenvalue weighted by Crippen LogP contribution is 2.42. The average Bonchev–Trinajstić information content (AvgIpc) is 3.04. The van der Waals surface area contributed by atoms with Gasteiger partial charge in [0.2, 0.25) is 0 Å². The molecular formula is C25H31BrN2O3S. The number of aromatic hydroxyl groups is 1. The van der Waals surface area contributed by atoms with E-state index in [2.05, 4.69) is 72.5 Å². The van der Waals surface area contributed by atoms with Crippen LogP contribution in [0.2, 0.25) is 0 Å². The largest absolute Gasteiger partial charge is 0.506 e. The molecule has 0 aliphatic rings. The molecule has 0 spiro atoms. The Morgan fingerprint density at radius 3 is 2.28 bits per heavy atom. The minimum atomic E-state index is -0.970. The molecule has 32 heavy (non-hydrogen) atoms. The van der Waals surface area contributed by atoms with Gasteiger partial charge in [0.15, 0.2) is 0 Å². The van der Waals surface area contributed by atoms with Gasteiger partial charge >= 0.3 is 5.97 Å². The predicted octanol–water partition coefficient (Wildman–Crippen LogP) is 6.87. The van der Waals surface area contributed by atoms with Gasteiger partial charge in [-0.2, -0.15) is 0 Å². The summed E-state index contributed by atoms with van der Waals surface area (Å²) in [6.45, 7) is 8.89. The van der Waals surface area contributed by atoms with Gasteiger partial charge in [0.05, 0.1) is 15.6 Å². The van der Waals surface area contributed by atoms with E-state index < -0.39 is 5.97 Å². The fourth-order valence-corrected chi connectivity index (χ4v) is 5.46. The number of halogens is 1. The quantitative estimate of drug-likeness (QED) is 0.318. The second kappa shape index (κ2) is 9.89. The summed E-state index contributed by atoms with van der Waals surface area (Å²) < 4.78 is 2.67. The summed E-state index contributed by atoms with van der Waals surface area (Å²) in [5, 5.41) is 21.6. The van der Waals surface area contributed by atoms with E-state index in [4.69, 9.17) is 0 Å². The molecular weight excluding hydrogens is 488 g/mol. The van der Waals surface area contributed by atoms with Crippen LogP contribution in [0.15, 0.2) is 39.7 Å². The van der Waals surface area contributed by atoms with Crippen LogP contribution in [0.4, 0.5) is 0 Å². The first-order chi connectivity index (χ1) is 15.0. The SMILES string of the molecule is CC(C)c1ccc(SCc2c(C(=O)O)c3c(CN(C)C)c(O)c(Br)cc3n2C(C)C)cc1. The molecule has 0 amide bonds. The first-order valence-corrected chi connectivity index (χ1v) is 12.5. The molecule has 2 aromatic carbocycles. The second-order valence-electron chi connectivity index (χ2n) is 8.92. The molecule has 7 heteroatoms. The van der Waals surface area contributed by atoms with Crippen molar-refractivity contribution < 1.29 is 15.0 Å². The van der Waals surface area contributed by atoms with Crippen molar-refractivity contribution in [2.75, 3.05) is 14.1 Å². The van der Waals surface area contributed by atoms with Gasteiger partial charge in [-0.1, -0.05) is 26.0 Å². The smallest absolute Gasteiger partial charge is 0.338 e. The van der Waals surface area contributed by atoms with Crippen molar-refractivity contribution in [2.45, 2.75) is 56.8 Å². The number of hydrogen-bond donors (Lipinski definition) is 2. The number of nitrogens with zero attached hydrogens (tertiary/aromatic N) is 2. The summed E-state index contributed by atoms with van der Waals surface area (Å²) in [5.74, 6) is 0.118. The number of aromatic carboxylic acids is 1. The minimum absolute atomic E-state index is 0.0631. The van der Waals surface area contributed by atoms with Gasteiger partial charge in [0, 0.05) is 39.9 Å². The van der Waals surface area contributed by atoms with Crippen molar-refractivity contribution in [3.05, 3.63) is 57.2 Å². The first kappa shape index (κ1) is 24.7. The third kappa shape index (κ3) is 4.85. The van der Waals surface area contributed by atoms with Gasteiger partial charge in [-0.3, -0.25) is 0 Å². The highest BCUT2D eigenvalue weighted by molar-refractivity contribution is 9.10. The van der Waals surface area contributed by atoms with Crippen LogP contribution in [0, 0.1) is 0 Å². The summed E-state index contributed by atoms with van der Waals surface area (Å²) in [4.78, 5) is 15.5. The zero-order chi connectivity index (χ0) is 23.7. The third-order valence-corrected chi connectivity index (χ3v) is 7.18. The number of phenolic OH excluding ortho intramolecular Hbond substituents is 1. The van der Waals surface area contributed by atoms with Crippen molar-refractivity contribution in [3.63, 3.8) is 0 Å². The van der Waals surface area contributed by atoms with Crippen molar-refractivity contribution in [2.24, 2.45) is 0 Å². The maximum absolute atomic E-state index is 12.5. The number of fused-ring (bicyclic) bond motifs is 1. The van der Waals surface area contributed by atoms with Crippen LogP contribution < -0.4 is 0 Å². The van der Waals surface area contributed by atoms with Crippen LogP contribution in [0.5, 0.6) is 5.75 Å². The monoisotopic (exact) mass is 518 g/mol. The van der Waals surface area contributed by atoms with Crippen molar-refractivity contribution in [1.29, 1.82) is 0 Å². The maximum atomic E-state index is 12.5. The number of hydrogen-bond acceptors (Lipinski definition) is 4. The molecule has 0 saturated carbocycles. The van der Waals surface area contributed by atoms with Gasteiger partial charge in [-0.25, -0.2) is 4.79 Å². The number of carboxylic acids is 1. The molecule has 3 aromatic rings. The summed E-state index contributed by atoms with van der Waals surface area (Å²) in [5.41, 5.74) is 3.77. The number of benzene rings is 2. The van der Waals surface area contributed by atoms with Crippen LogP contribution in [-0.4, -0.2) is 39.7 Å². The van der Waals surface area contributed by atoms with Gasteiger partial charge in [-0.05, 0) is 73.6 Å². The summed E-state index contributed by atoms with van der Waals surface area (Å²) in [6.07, 6.45) is 0. The molecule has 0 atom stereocenters. The molecule has 0 aliphatic heterocycles. The van der Waals surface area contributed by atoms with Crippen molar-refractivity contribution in [3.8, 4) is 5.75 Å². The molecule has 0 aliphatic carbocycles. The Morgan fingerprint density at radius 2 is 1.78 bits per heavy atom. The fraction of sp³-hybridized carbons (Fsp3) is 0.400. The summed E-state index contributed by atoms with van der Waals surface area (Å²) >= 11 is 5.10. The Hall–Kier alpha value is -1.96. The van der Waals surface area contributed by atoms with Gasteiger partial charge < -0.3 is 19.7 Å². The molecule has 1 aromatic heterocycles. The molecule has 3 rings (SSSR count). The lowest BCUT2D eigenvalue weighted by Crippen LogP contribution is -2.12. The lowest BCUT2D eigenvalue weighted by atomic mass is 10.0. The Labute approximate surface area is 202 Å². The number of carboxylic acid groups (broad SMARTS) is 1. The zero-order valence-electron chi connectivity index (χ0n) is 19.4. The summed E-state index contributed by atoms with van der Waals surface area (Å²) in [7, 11) is 3.81. The Morgan fingerprint density at radius 1 is 1.16 bits per heavy atom. The number of aromatic nitrogens is 1. The van der Waals surface area contributed by atoms with E-state index in [0.717, 1.165) is 16.1 Å². The lowest BCUT2D eigenvalue weighted by Gasteiger charge is -2.17. The minimum Gasteiger partial charge on any atom is -0.506 e. The maximum Gasteiger partial charge on any atom is 0.338 e. The first-order valence-electron chi connectivity index (χ1n) is 10.7. The Kier molecular flexibility index (Phi) is 7.63. The predicted molar refractivity (Wildman–Crippen MR) is 136 cm³/mol. The average molecular weight is 520 g/mol. The van der Waals surface area contributed by atoms with E-state index in [0.29, 0.717) is 33.6 Å². The number of phenols is 1. The summed E-state index contributed by atoms with van der Waals surface area (Å²) in [6, 6.07) is 10.4. The molecule has 2 N–H and O–H groups in total. The highest BCUT2D eigenvalue weighted by Gasteiger charge is 2.28. The molecule has 0 unspecified atom stereocenters. The van der Waals surface area contributed by atoms with E-state index in [9.17, 15) is 15.0 Å². The molecule has 0 saturated heterocycles. The molecule has 0 bridgehead atoms. The van der Waals surface area contributed by atoms with Gasteiger partial charge in [-0.15, -0.1) is 11.8 Å². The lowest BCUT2D eigenvalue weighted by molar-refractivity contribution is 0.0697. The van der Waals surface area contributed by atoms with Crippen LogP contribution in [-0.2, 0) is 12.3 Å². The fourth-order valence-electron chi connectivity index (χ4n) is 4.09. The van der Waals surface area contributed by atoms with Gasteiger partial charge in [0.25, 0.3) is 0 Å². The van der Waals surface area contributed by atoms with Crippen molar-refractivity contribution in [1.82, 2.24) is 9.47 Å². The zero-order valence-corrected chi connectivity index (χ0v) is 21.8. The standard InChI is InChI=1S/C25H31BrN2O3S/c1-14(2)16-7-9-17(10-8-16)32-13-21-23(25(30)31)22-18(12-27(5)6)24(29)19(26)11-20(22)28(21)15(3)4/h7-11,14-15,29H,12-13H2,1-6H3,(H,30,31). The van der Waals surface area contributed by atoms with E-state index in [-0.39, 0.29) is 17.4 Å². The molecule has 0 radical (unpaired) electrons. The van der Waals surface area contributed by atoms with E-state index in [1.54, 1.807) is 11.8 Å². The van der Waals surface area contributed by atoms with Gasteiger partial charge in [0.1, 0.15) is 5.75 Å². The van der Waals surface area contributed by atoms with Crippen LogP contribution in [0.1, 0.15) is 66.8 Å². The van der Waals surface area contributed by atoms with Crippen LogP contribution in [0.25, 0.3) is 10.9 Å². The Balaban J connectivity index is 2.19. The third-order valence-electron chi connectivity index (χ3n) is 5.55. The molecule has 1 heterocycles. The van der Waals surface area contributed by atoms with Crippen LogP contribution in [0.3, 0.4) is 0 Å². The second-order valence-corrected chi connectivity index (χ2v) is 10.8. The molecule has 0 fully saturated rings. The van der Waals surface area contributed by atoms with E-state index >= 15 is 0 Å². The number of thioether (sulfide) groups is 1. The van der Waals surface area contributed by atoms with Crippen LogP contribution >= 0.6 is 27.7 Å². The number of carbonyl (C=O) groups is 1. The molecule has 5 nitrogen and oxygen atoms in total. The highest BCUT2D eigenvalue weighted by atomic mass is 79.9. The van der Waals surface area contributed by atoms with E-state index in [1.807, 2.05) is 25.1 Å².